The fourth-order valence-corrected chi connectivity index (χ4v) is 2.50. The number of methoxy groups -OCH3 is 1. The first-order chi connectivity index (χ1) is 7.30. The molecule has 1 aliphatic rings. The molecule has 3 nitrogen and oxygen atoms in total. The van der Waals surface area contributed by atoms with Gasteiger partial charge < -0.3 is 9.47 Å². The minimum absolute atomic E-state index is 0.150. The number of rotatable bonds is 5. The topological polar surface area (TPSA) is 38.8 Å². The molecule has 0 amide bonds. The second-order valence-electron chi connectivity index (χ2n) is 5.65. The van der Waals surface area contributed by atoms with Gasteiger partial charge in [-0.05, 0) is 31.6 Å². The predicted octanol–water partition coefficient (Wildman–Crippen LogP) is 2.78. The van der Waals surface area contributed by atoms with Crippen LogP contribution in [0.3, 0.4) is 0 Å². The fraction of sp³-hybridized carbons (Fsp3) is 0.923. The maximum atomic E-state index is 11.9. The van der Waals surface area contributed by atoms with Gasteiger partial charge in [-0.25, -0.2) is 4.79 Å². The summed E-state index contributed by atoms with van der Waals surface area (Å²) < 4.78 is 10.7. The van der Waals surface area contributed by atoms with E-state index in [-0.39, 0.29) is 17.5 Å². The minimum atomic E-state index is -0.712. The smallest absolute Gasteiger partial charge is 0.341 e. The number of hydrogen-bond acceptors (Lipinski definition) is 3. The number of esters is 1. The first-order valence-electron chi connectivity index (χ1n) is 6.08. The van der Waals surface area contributed by atoms with E-state index in [2.05, 4.69) is 13.8 Å². The SMILES string of the molecule is COC(=O)C1(C(C)C)OC1(C)CCC(C)C. The Bertz CT molecular complexity index is 272. The van der Waals surface area contributed by atoms with Gasteiger partial charge in [0, 0.05) is 0 Å². The number of carbonyl (C=O) groups is 1. The second-order valence-corrected chi connectivity index (χ2v) is 5.65. The van der Waals surface area contributed by atoms with E-state index in [0.717, 1.165) is 12.8 Å². The van der Waals surface area contributed by atoms with Crippen LogP contribution < -0.4 is 0 Å². The molecule has 1 fully saturated rings. The fourth-order valence-electron chi connectivity index (χ4n) is 2.50. The third-order valence-electron chi connectivity index (χ3n) is 3.63. The quantitative estimate of drug-likeness (QED) is 0.536. The van der Waals surface area contributed by atoms with Gasteiger partial charge in [-0.2, -0.15) is 0 Å². The Hall–Kier alpha value is -0.570. The molecule has 0 aromatic carbocycles. The molecule has 0 radical (unpaired) electrons. The maximum Gasteiger partial charge on any atom is 0.341 e. The van der Waals surface area contributed by atoms with Gasteiger partial charge in [-0.15, -0.1) is 0 Å². The zero-order chi connectivity index (χ0) is 12.6. The lowest BCUT2D eigenvalue weighted by atomic mass is 9.81. The van der Waals surface area contributed by atoms with Crippen LogP contribution in [-0.2, 0) is 14.3 Å². The van der Waals surface area contributed by atoms with Gasteiger partial charge in [0.05, 0.1) is 7.11 Å². The molecule has 0 saturated carbocycles. The zero-order valence-corrected chi connectivity index (χ0v) is 11.3. The third-order valence-corrected chi connectivity index (χ3v) is 3.63. The monoisotopic (exact) mass is 228 g/mol. The molecule has 2 atom stereocenters. The molecular formula is C13H24O3. The molecule has 16 heavy (non-hydrogen) atoms. The van der Waals surface area contributed by atoms with Crippen molar-refractivity contribution in [1.29, 1.82) is 0 Å². The van der Waals surface area contributed by atoms with Crippen molar-refractivity contribution in [3.05, 3.63) is 0 Å². The molecule has 1 aliphatic heterocycles. The van der Waals surface area contributed by atoms with Crippen molar-refractivity contribution in [2.24, 2.45) is 11.8 Å². The van der Waals surface area contributed by atoms with Gasteiger partial charge in [0.15, 0.2) is 5.60 Å². The van der Waals surface area contributed by atoms with Crippen LogP contribution in [0.5, 0.6) is 0 Å². The molecule has 0 aromatic rings. The lowest BCUT2D eigenvalue weighted by Crippen LogP contribution is -2.38. The second kappa shape index (κ2) is 4.36. The van der Waals surface area contributed by atoms with Gasteiger partial charge in [-0.3, -0.25) is 0 Å². The largest absolute Gasteiger partial charge is 0.467 e. The van der Waals surface area contributed by atoms with Crippen molar-refractivity contribution >= 4 is 5.97 Å². The van der Waals surface area contributed by atoms with Crippen LogP contribution in [0.25, 0.3) is 0 Å². The summed E-state index contributed by atoms with van der Waals surface area (Å²) in [6.45, 7) is 10.4. The van der Waals surface area contributed by atoms with Crippen LogP contribution in [0.2, 0.25) is 0 Å². The van der Waals surface area contributed by atoms with Crippen LogP contribution in [0.1, 0.15) is 47.5 Å². The highest BCUT2D eigenvalue weighted by Gasteiger charge is 2.73. The summed E-state index contributed by atoms with van der Waals surface area (Å²) in [5, 5.41) is 0. The molecule has 0 aliphatic carbocycles. The Balaban J connectivity index is 2.75. The van der Waals surface area contributed by atoms with Crippen molar-refractivity contribution in [1.82, 2.24) is 0 Å². The zero-order valence-electron chi connectivity index (χ0n) is 11.3. The Morgan fingerprint density at radius 3 is 2.25 bits per heavy atom. The highest BCUT2D eigenvalue weighted by atomic mass is 16.7. The van der Waals surface area contributed by atoms with E-state index in [9.17, 15) is 4.79 Å². The van der Waals surface area contributed by atoms with E-state index in [4.69, 9.17) is 9.47 Å². The van der Waals surface area contributed by atoms with Gasteiger partial charge in [-0.1, -0.05) is 27.7 Å². The van der Waals surface area contributed by atoms with Crippen molar-refractivity contribution in [3.8, 4) is 0 Å². The molecule has 0 spiro atoms. The number of hydrogen-bond donors (Lipinski definition) is 0. The summed E-state index contributed by atoms with van der Waals surface area (Å²) in [5.41, 5.74) is -1.05. The average molecular weight is 228 g/mol. The molecule has 0 bridgehead atoms. The molecular weight excluding hydrogens is 204 g/mol. The lowest BCUT2D eigenvalue weighted by molar-refractivity contribution is -0.148. The van der Waals surface area contributed by atoms with E-state index in [1.54, 1.807) is 0 Å². The first kappa shape index (κ1) is 13.5. The Kier molecular flexibility index (Phi) is 3.68. The van der Waals surface area contributed by atoms with Gasteiger partial charge >= 0.3 is 5.97 Å². The first-order valence-corrected chi connectivity index (χ1v) is 6.08. The Labute approximate surface area is 98.5 Å². The molecule has 0 aromatic heterocycles. The molecule has 3 heteroatoms. The molecule has 1 heterocycles. The molecule has 94 valence electrons. The van der Waals surface area contributed by atoms with E-state index >= 15 is 0 Å². The van der Waals surface area contributed by atoms with Crippen LogP contribution in [0.15, 0.2) is 0 Å². The summed E-state index contributed by atoms with van der Waals surface area (Å²) in [5.74, 6) is 0.550. The summed E-state index contributed by atoms with van der Waals surface area (Å²) in [6, 6.07) is 0. The molecule has 1 saturated heterocycles. The average Bonchev–Trinajstić information content (AvgIpc) is 2.83. The highest BCUT2D eigenvalue weighted by molar-refractivity contribution is 5.85. The van der Waals surface area contributed by atoms with Crippen molar-refractivity contribution < 1.29 is 14.3 Å². The normalized spacial score (nSPS) is 33.2. The van der Waals surface area contributed by atoms with Crippen molar-refractivity contribution in [2.75, 3.05) is 7.11 Å². The molecule has 2 unspecified atom stereocenters. The predicted molar refractivity (Wildman–Crippen MR) is 63.1 cm³/mol. The van der Waals surface area contributed by atoms with Crippen LogP contribution >= 0.6 is 0 Å². The van der Waals surface area contributed by atoms with Gasteiger partial charge in [0.1, 0.15) is 5.60 Å². The van der Waals surface area contributed by atoms with E-state index in [1.165, 1.54) is 7.11 Å². The summed E-state index contributed by atoms with van der Waals surface area (Å²) in [4.78, 5) is 11.9. The number of epoxide rings is 1. The summed E-state index contributed by atoms with van der Waals surface area (Å²) in [7, 11) is 1.43. The van der Waals surface area contributed by atoms with Gasteiger partial charge in [0.2, 0.25) is 0 Å². The van der Waals surface area contributed by atoms with E-state index < -0.39 is 5.60 Å². The number of ether oxygens (including phenoxy) is 2. The van der Waals surface area contributed by atoms with E-state index in [1.807, 2.05) is 20.8 Å². The summed E-state index contributed by atoms with van der Waals surface area (Å²) in [6.07, 6.45) is 1.99. The Morgan fingerprint density at radius 2 is 1.88 bits per heavy atom. The van der Waals surface area contributed by atoms with E-state index in [0.29, 0.717) is 5.92 Å². The maximum absolute atomic E-state index is 11.9. The summed E-state index contributed by atoms with van der Waals surface area (Å²) >= 11 is 0. The van der Waals surface area contributed by atoms with Crippen LogP contribution in [0.4, 0.5) is 0 Å². The van der Waals surface area contributed by atoms with Gasteiger partial charge in [0.25, 0.3) is 0 Å². The molecule has 1 rings (SSSR count). The van der Waals surface area contributed by atoms with Crippen molar-refractivity contribution in [3.63, 3.8) is 0 Å². The third kappa shape index (κ3) is 1.97. The standard InChI is InChI=1S/C13H24O3/c1-9(2)7-8-12(5)13(16-12,10(3)4)11(14)15-6/h9-10H,7-8H2,1-6H3. The Morgan fingerprint density at radius 1 is 1.31 bits per heavy atom. The highest BCUT2D eigenvalue weighted by Crippen LogP contribution is 2.56. The van der Waals surface area contributed by atoms with Crippen LogP contribution in [0, 0.1) is 11.8 Å². The van der Waals surface area contributed by atoms with Crippen LogP contribution in [-0.4, -0.2) is 24.3 Å². The lowest BCUT2D eigenvalue weighted by Gasteiger charge is -2.19. The van der Waals surface area contributed by atoms with Crippen molar-refractivity contribution in [2.45, 2.75) is 58.7 Å². The number of carbonyl (C=O) groups excluding carboxylic acids is 1. The molecule has 0 N–H and O–H groups in total. The minimum Gasteiger partial charge on any atom is -0.467 e.